The van der Waals surface area contributed by atoms with Gasteiger partial charge in [-0.1, -0.05) is 22.9 Å². The van der Waals surface area contributed by atoms with Crippen molar-refractivity contribution in [2.24, 2.45) is 5.92 Å². The van der Waals surface area contributed by atoms with Gasteiger partial charge in [0, 0.05) is 15.0 Å². The van der Waals surface area contributed by atoms with Gasteiger partial charge in [0.25, 0.3) is 5.91 Å². The highest BCUT2D eigenvalue weighted by Crippen LogP contribution is 2.25. The summed E-state index contributed by atoms with van der Waals surface area (Å²) in [4.78, 5) is 12.2. The Kier molecular flexibility index (Phi) is 4.84. The molecule has 0 spiro atoms. The van der Waals surface area contributed by atoms with Crippen LogP contribution in [0.4, 0.5) is 0 Å². The van der Waals surface area contributed by atoms with Crippen molar-refractivity contribution < 1.29 is 4.79 Å². The van der Waals surface area contributed by atoms with E-state index in [1.54, 1.807) is 0 Å². The van der Waals surface area contributed by atoms with Gasteiger partial charge in [-0.15, -0.1) is 0 Å². The highest BCUT2D eigenvalue weighted by Gasteiger charge is 2.21. The van der Waals surface area contributed by atoms with Crippen LogP contribution in [0.25, 0.3) is 0 Å². The number of benzene rings is 1. The molecule has 1 amide bonds. The minimum Gasteiger partial charge on any atom is -0.349 e. The van der Waals surface area contributed by atoms with Crippen molar-refractivity contribution in [2.45, 2.75) is 38.6 Å². The van der Waals surface area contributed by atoms with Gasteiger partial charge in [0.15, 0.2) is 0 Å². The van der Waals surface area contributed by atoms with Crippen molar-refractivity contribution in [1.29, 1.82) is 0 Å². The number of hydrogen-bond donors (Lipinski definition) is 1. The lowest BCUT2D eigenvalue weighted by molar-refractivity contribution is 0.0922. The quantitative estimate of drug-likeness (QED) is 0.809. The van der Waals surface area contributed by atoms with Crippen molar-refractivity contribution in [1.82, 2.24) is 5.32 Å². The number of hydrogen-bond acceptors (Lipinski definition) is 1. The number of halogens is 2. The highest BCUT2D eigenvalue weighted by atomic mass is 79.9. The SMILES string of the molecule is CC1CCC(NC(=O)c2cc(Br)ccc2Br)CC1. The van der Waals surface area contributed by atoms with Gasteiger partial charge in [-0.3, -0.25) is 4.79 Å². The summed E-state index contributed by atoms with van der Waals surface area (Å²) in [5.41, 5.74) is 0.697. The molecule has 0 heterocycles. The lowest BCUT2D eigenvalue weighted by atomic mass is 9.87. The van der Waals surface area contributed by atoms with Crippen LogP contribution < -0.4 is 5.32 Å². The molecule has 1 aromatic carbocycles. The Balaban J connectivity index is 2.01. The molecule has 0 saturated heterocycles. The van der Waals surface area contributed by atoms with E-state index in [2.05, 4.69) is 44.1 Å². The predicted octanol–water partition coefficient (Wildman–Crippen LogP) is 4.52. The second-order valence-electron chi connectivity index (χ2n) is 5.05. The Bertz CT molecular complexity index is 439. The number of carbonyl (C=O) groups is 1. The van der Waals surface area contributed by atoms with E-state index < -0.39 is 0 Å². The van der Waals surface area contributed by atoms with Gasteiger partial charge >= 0.3 is 0 Å². The maximum Gasteiger partial charge on any atom is 0.252 e. The summed E-state index contributed by atoms with van der Waals surface area (Å²) in [7, 11) is 0. The molecular formula is C14H17Br2NO. The van der Waals surface area contributed by atoms with E-state index in [-0.39, 0.29) is 5.91 Å². The van der Waals surface area contributed by atoms with Gasteiger partial charge in [0.05, 0.1) is 5.56 Å². The monoisotopic (exact) mass is 373 g/mol. The molecule has 1 N–H and O–H groups in total. The summed E-state index contributed by atoms with van der Waals surface area (Å²) < 4.78 is 1.76. The fourth-order valence-electron chi connectivity index (χ4n) is 2.34. The Morgan fingerprint density at radius 1 is 1.22 bits per heavy atom. The molecule has 0 aliphatic heterocycles. The number of amides is 1. The van der Waals surface area contributed by atoms with Crippen LogP contribution in [-0.2, 0) is 0 Å². The van der Waals surface area contributed by atoms with Crippen molar-refractivity contribution in [3.8, 4) is 0 Å². The van der Waals surface area contributed by atoms with Gasteiger partial charge in [-0.2, -0.15) is 0 Å². The molecule has 1 saturated carbocycles. The summed E-state index contributed by atoms with van der Waals surface area (Å²) in [6, 6.07) is 6.00. The molecule has 4 heteroatoms. The molecule has 2 nitrogen and oxygen atoms in total. The van der Waals surface area contributed by atoms with Crippen molar-refractivity contribution >= 4 is 37.8 Å². The van der Waals surface area contributed by atoms with Crippen LogP contribution in [0.15, 0.2) is 27.1 Å². The molecular weight excluding hydrogens is 358 g/mol. The second-order valence-corrected chi connectivity index (χ2v) is 6.82. The van der Waals surface area contributed by atoms with E-state index >= 15 is 0 Å². The molecule has 1 aliphatic rings. The number of nitrogens with one attached hydrogen (secondary N) is 1. The van der Waals surface area contributed by atoms with E-state index in [1.807, 2.05) is 18.2 Å². The molecule has 1 aromatic rings. The zero-order valence-electron chi connectivity index (χ0n) is 10.4. The van der Waals surface area contributed by atoms with Crippen LogP contribution in [0.5, 0.6) is 0 Å². The third-order valence-electron chi connectivity index (χ3n) is 3.52. The van der Waals surface area contributed by atoms with Crippen molar-refractivity contribution in [2.75, 3.05) is 0 Å². The Hall–Kier alpha value is -0.350. The van der Waals surface area contributed by atoms with Gasteiger partial charge in [0.1, 0.15) is 0 Å². The van der Waals surface area contributed by atoms with Crippen LogP contribution in [0.2, 0.25) is 0 Å². The molecule has 0 radical (unpaired) electrons. The van der Waals surface area contributed by atoms with Gasteiger partial charge in [0.2, 0.25) is 0 Å². The van der Waals surface area contributed by atoms with Crippen molar-refractivity contribution in [3.05, 3.63) is 32.7 Å². The van der Waals surface area contributed by atoms with E-state index in [4.69, 9.17) is 0 Å². The number of rotatable bonds is 2. The normalized spacial score (nSPS) is 23.7. The fraction of sp³-hybridized carbons (Fsp3) is 0.500. The lowest BCUT2D eigenvalue weighted by Gasteiger charge is -2.27. The molecule has 1 aliphatic carbocycles. The summed E-state index contributed by atoms with van der Waals surface area (Å²) >= 11 is 6.82. The average molecular weight is 375 g/mol. The van der Waals surface area contributed by atoms with Gasteiger partial charge < -0.3 is 5.32 Å². The smallest absolute Gasteiger partial charge is 0.252 e. The minimum absolute atomic E-state index is 0.0164. The number of carbonyl (C=O) groups excluding carboxylic acids is 1. The third-order valence-corrected chi connectivity index (χ3v) is 4.71. The molecule has 0 bridgehead atoms. The summed E-state index contributed by atoms with van der Waals surface area (Å²) in [5.74, 6) is 0.818. The van der Waals surface area contributed by atoms with E-state index in [0.717, 1.165) is 27.7 Å². The minimum atomic E-state index is 0.0164. The van der Waals surface area contributed by atoms with Crippen LogP contribution in [0.1, 0.15) is 43.0 Å². The Labute approximate surface area is 125 Å². The average Bonchev–Trinajstić information content (AvgIpc) is 2.35. The zero-order valence-corrected chi connectivity index (χ0v) is 13.6. The van der Waals surface area contributed by atoms with E-state index in [9.17, 15) is 4.79 Å². The molecule has 0 atom stereocenters. The maximum atomic E-state index is 12.2. The molecule has 2 rings (SSSR count). The largest absolute Gasteiger partial charge is 0.349 e. The molecule has 0 aromatic heterocycles. The topological polar surface area (TPSA) is 29.1 Å². The molecule has 0 unspecified atom stereocenters. The lowest BCUT2D eigenvalue weighted by Crippen LogP contribution is -2.37. The first kappa shape index (κ1) is 14.1. The van der Waals surface area contributed by atoms with Crippen LogP contribution >= 0.6 is 31.9 Å². The Morgan fingerprint density at radius 2 is 1.89 bits per heavy atom. The first-order valence-corrected chi connectivity index (χ1v) is 7.91. The standard InChI is InChI=1S/C14H17Br2NO/c1-9-2-5-11(6-3-9)17-14(18)12-8-10(15)4-7-13(12)16/h4,7-9,11H,2-3,5-6H2,1H3,(H,17,18). The van der Waals surface area contributed by atoms with Crippen molar-refractivity contribution in [3.63, 3.8) is 0 Å². The second kappa shape index (κ2) is 6.20. The molecule has 1 fully saturated rings. The van der Waals surface area contributed by atoms with E-state index in [0.29, 0.717) is 11.6 Å². The fourth-order valence-corrected chi connectivity index (χ4v) is 3.13. The predicted molar refractivity (Wildman–Crippen MR) is 80.7 cm³/mol. The molecule has 18 heavy (non-hydrogen) atoms. The van der Waals surface area contributed by atoms with E-state index in [1.165, 1.54) is 12.8 Å². The third kappa shape index (κ3) is 3.58. The summed E-state index contributed by atoms with van der Waals surface area (Å²) in [5, 5.41) is 3.13. The summed E-state index contributed by atoms with van der Waals surface area (Å²) in [6.07, 6.45) is 4.62. The Morgan fingerprint density at radius 3 is 2.56 bits per heavy atom. The van der Waals surface area contributed by atoms with Gasteiger partial charge in [-0.25, -0.2) is 0 Å². The first-order chi connectivity index (χ1) is 8.56. The highest BCUT2D eigenvalue weighted by molar-refractivity contribution is 9.11. The van der Waals surface area contributed by atoms with Crippen LogP contribution in [-0.4, -0.2) is 11.9 Å². The summed E-state index contributed by atoms with van der Waals surface area (Å²) in [6.45, 7) is 2.28. The molecule has 98 valence electrons. The zero-order chi connectivity index (χ0) is 13.1. The van der Waals surface area contributed by atoms with Crippen LogP contribution in [0, 0.1) is 5.92 Å². The first-order valence-electron chi connectivity index (χ1n) is 6.32. The van der Waals surface area contributed by atoms with Gasteiger partial charge in [-0.05, 0) is 65.7 Å². The van der Waals surface area contributed by atoms with Crippen LogP contribution in [0.3, 0.4) is 0 Å². The maximum absolute atomic E-state index is 12.2.